The van der Waals surface area contributed by atoms with E-state index in [0.29, 0.717) is 19.1 Å². The van der Waals surface area contributed by atoms with E-state index >= 15 is 0 Å². The molecule has 1 rings (SSSR count). The number of halogens is 1. The fraction of sp³-hybridized carbons (Fsp3) is 1.00. The van der Waals surface area contributed by atoms with Crippen molar-refractivity contribution in [1.82, 2.24) is 4.31 Å². The average Bonchev–Trinajstić information content (AvgIpc) is 2.29. The Morgan fingerprint density at radius 1 is 1.33 bits per heavy atom. The molecule has 1 aliphatic rings. The van der Waals surface area contributed by atoms with Gasteiger partial charge in [-0.3, -0.25) is 0 Å². The third-order valence-corrected chi connectivity index (χ3v) is 5.70. The minimum atomic E-state index is -3.18. The molecule has 18 heavy (non-hydrogen) atoms. The Morgan fingerprint density at radius 3 is 2.50 bits per heavy atom. The molecule has 0 amide bonds. The van der Waals surface area contributed by atoms with E-state index in [0.717, 1.165) is 25.7 Å². The zero-order valence-corrected chi connectivity index (χ0v) is 12.8. The van der Waals surface area contributed by atoms with E-state index in [1.165, 1.54) is 10.7 Å². The van der Waals surface area contributed by atoms with Crippen LogP contribution < -0.4 is 0 Å². The molecule has 1 aliphatic carbocycles. The molecule has 1 atom stereocenters. The first-order valence-electron chi connectivity index (χ1n) is 6.52. The second-order valence-corrected chi connectivity index (χ2v) is 7.85. The number of rotatable bonds is 7. The Bertz CT molecular complexity index is 328. The minimum Gasteiger partial charge on any atom is -0.383 e. The Morgan fingerprint density at radius 2 is 1.94 bits per heavy atom. The molecule has 6 heteroatoms. The van der Waals surface area contributed by atoms with Gasteiger partial charge in [-0.15, -0.1) is 11.6 Å². The van der Waals surface area contributed by atoms with Crippen LogP contribution in [0.3, 0.4) is 0 Å². The molecule has 4 nitrogen and oxygen atoms in total. The summed E-state index contributed by atoms with van der Waals surface area (Å²) in [6.45, 7) is 0.676. The number of hydrogen-bond acceptors (Lipinski definition) is 3. The molecule has 108 valence electrons. The van der Waals surface area contributed by atoms with Crippen molar-refractivity contribution in [3.63, 3.8) is 0 Å². The summed E-state index contributed by atoms with van der Waals surface area (Å²) < 4.78 is 30.6. The highest BCUT2D eigenvalue weighted by Crippen LogP contribution is 2.25. The molecule has 1 fully saturated rings. The molecule has 0 heterocycles. The second kappa shape index (κ2) is 7.68. The number of sulfonamides is 1. The van der Waals surface area contributed by atoms with Crippen molar-refractivity contribution in [2.45, 2.75) is 37.5 Å². The summed E-state index contributed by atoms with van der Waals surface area (Å²) in [5.41, 5.74) is 0. The molecular formula is C12H24ClNO3S. The van der Waals surface area contributed by atoms with Gasteiger partial charge in [-0.2, -0.15) is 0 Å². The van der Waals surface area contributed by atoms with E-state index < -0.39 is 10.0 Å². The van der Waals surface area contributed by atoms with Gasteiger partial charge in [-0.1, -0.05) is 19.3 Å². The Balaban J connectivity index is 2.45. The molecule has 0 saturated heterocycles. The molecule has 0 aromatic carbocycles. The van der Waals surface area contributed by atoms with Gasteiger partial charge in [0.15, 0.2) is 0 Å². The zero-order chi connectivity index (χ0) is 13.6. The van der Waals surface area contributed by atoms with Crippen molar-refractivity contribution in [2.75, 3.05) is 33.1 Å². The lowest BCUT2D eigenvalue weighted by atomic mass is 9.91. The van der Waals surface area contributed by atoms with E-state index in [4.69, 9.17) is 16.3 Å². The van der Waals surface area contributed by atoms with Gasteiger partial charge in [0.25, 0.3) is 0 Å². The van der Waals surface area contributed by atoms with Crippen LogP contribution in [-0.2, 0) is 14.8 Å². The summed E-state index contributed by atoms with van der Waals surface area (Å²) in [4.78, 5) is 0. The molecular weight excluding hydrogens is 274 g/mol. The van der Waals surface area contributed by atoms with E-state index in [-0.39, 0.29) is 11.1 Å². The first kappa shape index (κ1) is 16.2. The van der Waals surface area contributed by atoms with E-state index in [1.54, 1.807) is 14.2 Å². The van der Waals surface area contributed by atoms with Crippen LogP contribution in [0.5, 0.6) is 0 Å². The normalized spacial score (nSPS) is 20.2. The number of alkyl halides is 1. The first-order valence-corrected chi connectivity index (χ1v) is 8.57. The third-order valence-electron chi connectivity index (χ3n) is 3.45. The highest BCUT2D eigenvalue weighted by molar-refractivity contribution is 7.89. The van der Waals surface area contributed by atoms with Crippen molar-refractivity contribution in [2.24, 2.45) is 5.92 Å². The summed E-state index contributed by atoms with van der Waals surface area (Å²) in [6.07, 6.45) is 5.63. The zero-order valence-electron chi connectivity index (χ0n) is 11.3. The van der Waals surface area contributed by atoms with Crippen LogP contribution in [0.25, 0.3) is 0 Å². The predicted molar refractivity (Wildman–Crippen MR) is 74.5 cm³/mol. The van der Waals surface area contributed by atoms with Crippen LogP contribution in [0.2, 0.25) is 0 Å². The molecule has 0 aromatic heterocycles. The van der Waals surface area contributed by atoms with Crippen molar-refractivity contribution in [3.8, 4) is 0 Å². The fourth-order valence-corrected chi connectivity index (χ4v) is 4.41. The van der Waals surface area contributed by atoms with Crippen LogP contribution in [0.15, 0.2) is 0 Å². The average molecular weight is 298 g/mol. The molecule has 0 radical (unpaired) electrons. The van der Waals surface area contributed by atoms with Crippen molar-refractivity contribution in [3.05, 3.63) is 0 Å². The van der Waals surface area contributed by atoms with Crippen LogP contribution in [0, 0.1) is 5.92 Å². The maximum absolute atomic E-state index is 12.2. The lowest BCUT2D eigenvalue weighted by molar-refractivity contribution is 0.192. The van der Waals surface area contributed by atoms with Gasteiger partial charge in [0.05, 0.1) is 17.7 Å². The smallest absolute Gasteiger partial charge is 0.214 e. The van der Waals surface area contributed by atoms with Gasteiger partial charge >= 0.3 is 0 Å². The van der Waals surface area contributed by atoms with Crippen LogP contribution in [-0.4, -0.2) is 51.2 Å². The van der Waals surface area contributed by atoms with Crippen LogP contribution in [0.4, 0.5) is 0 Å². The largest absolute Gasteiger partial charge is 0.383 e. The van der Waals surface area contributed by atoms with Crippen molar-refractivity contribution in [1.29, 1.82) is 0 Å². The summed E-state index contributed by atoms with van der Waals surface area (Å²) >= 11 is 5.99. The van der Waals surface area contributed by atoms with E-state index in [2.05, 4.69) is 0 Å². The second-order valence-electron chi connectivity index (χ2n) is 5.12. The number of methoxy groups -OCH3 is 1. The quantitative estimate of drug-likeness (QED) is 0.676. The summed E-state index contributed by atoms with van der Waals surface area (Å²) in [7, 11) is -0.0181. The highest BCUT2D eigenvalue weighted by atomic mass is 35.5. The van der Waals surface area contributed by atoms with Gasteiger partial charge in [-0.05, 0) is 18.8 Å². The maximum atomic E-state index is 12.2. The molecule has 1 unspecified atom stereocenters. The van der Waals surface area contributed by atoms with Gasteiger partial charge < -0.3 is 4.74 Å². The summed E-state index contributed by atoms with van der Waals surface area (Å²) in [5.74, 6) is 0.586. The number of nitrogens with zero attached hydrogens (tertiary/aromatic N) is 1. The van der Waals surface area contributed by atoms with Crippen molar-refractivity contribution >= 4 is 21.6 Å². The fourth-order valence-electron chi connectivity index (χ4n) is 2.41. The molecule has 0 N–H and O–H groups in total. The number of hydrogen-bond donors (Lipinski definition) is 0. The van der Waals surface area contributed by atoms with Crippen LogP contribution in [0.1, 0.15) is 32.1 Å². The minimum absolute atomic E-state index is 0.264. The first-order chi connectivity index (χ1) is 8.45. The van der Waals surface area contributed by atoms with E-state index in [1.807, 2.05) is 0 Å². The number of ether oxygens (including phenoxy) is 1. The SMILES string of the molecule is COCC(Cl)CN(C)S(=O)(=O)CC1CCCCC1. The lowest BCUT2D eigenvalue weighted by Crippen LogP contribution is -2.37. The standard InChI is InChI=1S/C12H24ClNO3S/c1-14(8-12(13)9-17-2)18(15,16)10-11-6-4-3-5-7-11/h11-12H,3-10H2,1-2H3. The molecule has 0 spiro atoms. The Hall–Kier alpha value is 0.160. The monoisotopic (exact) mass is 297 g/mol. The lowest BCUT2D eigenvalue weighted by Gasteiger charge is -2.25. The predicted octanol–water partition coefficient (Wildman–Crippen LogP) is 2.08. The van der Waals surface area contributed by atoms with E-state index in [9.17, 15) is 8.42 Å². The van der Waals surface area contributed by atoms with Crippen LogP contribution >= 0.6 is 11.6 Å². The highest BCUT2D eigenvalue weighted by Gasteiger charge is 2.26. The summed E-state index contributed by atoms with van der Waals surface area (Å²) in [5, 5.41) is -0.291. The third kappa shape index (κ3) is 5.43. The topological polar surface area (TPSA) is 46.6 Å². The Kier molecular flexibility index (Phi) is 6.92. The molecule has 0 aromatic rings. The molecule has 0 aliphatic heterocycles. The molecule has 1 saturated carbocycles. The van der Waals surface area contributed by atoms with Gasteiger partial charge in [-0.25, -0.2) is 12.7 Å². The van der Waals surface area contributed by atoms with Crippen molar-refractivity contribution < 1.29 is 13.2 Å². The molecule has 0 bridgehead atoms. The summed E-state index contributed by atoms with van der Waals surface area (Å²) in [6, 6.07) is 0. The maximum Gasteiger partial charge on any atom is 0.214 e. The van der Waals surface area contributed by atoms with Gasteiger partial charge in [0, 0.05) is 20.7 Å². The Labute approximate surface area is 116 Å². The van der Waals surface area contributed by atoms with Gasteiger partial charge in [0.2, 0.25) is 10.0 Å². The van der Waals surface area contributed by atoms with Gasteiger partial charge in [0.1, 0.15) is 0 Å².